The minimum absolute atomic E-state index is 0.0931. The van der Waals surface area contributed by atoms with Gasteiger partial charge < -0.3 is 10.2 Å². The summed E-state index contributed by atoms with van der Waals surface area (Å²) in [4.78, 5) is 14.8. The standard InChI is InChI=1S/C18H22N4O/c1-13-5-7-14(8-6-13)22-16-4-2-3-15(16)17(20-22)18(23)21-11-9-19-10-12-21/h5-8,19H,2-4,9-12H2,1H3. The quantitative estimate of drug-likeness (QED) is 0.919. The summed E-state index contributed by atoms with van der Waals surface area (Å²) in [5, 5.41) is 8.00. The maximum Gasteiger partial charge on any atom is 0.274 e. The Labute approximate surface area is 136 Å². The van der Waals surface area contributed by atoms with Gasteiger partial charge in [-0.3, -0.25) is 4.79 Å². The van der Waals surface area contributed by atoms with Crippen molar-refractivity contribution in [1.29, 1.82) is 0 Å². The van der Waals surface area contributed by atoms with Gasteiger partial charge in [0.15, 0.2) is 5.69 Å². The molecule has 0 bridgehead atoms. The van der Waals surface area contributed by atoms with Crippen LogP contribution in [-0.4, -0.2) is 46.8 Å². The fraction of sp³-hybridized carbons (Fsp3) is 0.444. The smallest absolute Gasteiger partial charge is 0.274 e. The number of fused-ring (bicyclic) bond motifs is 1. The zero-order valence-electron chi connectivity index (χ0n) is 13.5. The fourth-order valence-corrected chi connectivity index (χ4v) is 3.53. The minimum Gasteiger partial charge on any atom is -0.335 e. The van der Waals surface area contributed by atoms with Gasteiger partial charge in [0.25, 0.3) is 5.91 Å². The first-order valence-electron chi connectivity index (χ1n) is 8.42. The molecule has 1 aliphatic carbocycles. The first-order valence-corrected chi connectivity index (χ1v) is 8.42. The van der Waals surface area contributed by atoms with Crippen molar-refractivity contribution in [3.8, 4) is 5.69 Å². The van der Waals surface area contributed by atoms with Crippen LogP contribution in [0.15, 0.2) is 24.3 Å². The van der Waals surface area contributed by atoms with Crippen LogP contribution in [-0.2, 0) is 12.8 Å². The lowest BCUT2D eigenvalue weighted by Gasteiger charge is -2.26. The van der Waals surface area contributed by atoms with Crippen molar-refractivity contribution in [3.05, 3.63) is 46.8 Å². The summed E-state index contributed by atoms with van der Waals surface area (Å²) < 4.78 is 1.98. The molecule has 0 radical (unpaired) electrons. The Balaban J connectivity index is 1.72. The number of nitrogens with zero attached hydrogens (tertiary/aromatic N) is 3. The molecule has 1 aliphatic heterocycles. The SMILES string of the molecule is Cc1ccc(-n2nc(C(=O)N3CCNCC3)c3c2CCC3)cc1. The van der Waals surface area contributed by atoms with E-state index in [0.29, 0.717) is 5.69 Å². The van der Waals surface area contributed by atoms with E-state index in [1.807, 2.05) is 9.58 Å². The average molecular weight is 310 g/mol. The number of hydrogen-bond acceptors (Lipinski definition) is 3. The van der Waals surface area contributed by atoms with Crippen LogP contribution >= 0.6 is 0 Å². The van der Waals surface area contributed by atoms with Gasteiger partial charge in [0.2, 0.25) is 0 Å². The Morgan fingerprint density at radius 3 is 2.61 bits per heavy atom. The summed E-state index contributed by atoms with van der Waals surface area (Å²) in [6.07, 6.45) is 3.08. The van der Waals surface area contributed by atoms with E-state index in [4.69, 9.17) is 5.10 Å². The van der Waals surface area contributed by atoms with Crippen molar-refractivity contribution in [3.63, 3.8) is 0 Å². The molecule has 120 valence electrons. The molecular weight excluding hydrogens is 288 g/mol. The Morgan fingerprint density at radius 2 is 1.87 bits per heavy atom. The number of aromatic nitrogens is 2. The third-order valence-corrected chi connectivity index (χ3v) is 4.82. The van der Waals surface area contributed by atoms with E-state index in [9.17, 15) is 4.79 Å². The highest BCUT2D eigenvalue weighted by Gasteiger charge is 2.29. The topological polar surface area (TPSA) is 50.2 Å². The summed E-state index contributed by atoms with van der Waals surface area (Å²) in [7, 11) is 0. The lowest BCUT2D eigenvalue weighted by atomic mass is 10.1. The third-order valence-electron chi connectivity index (χ3n) is 4.82. The van der Waals surface area contributed by atoms with E-state index in [2.05, 4.69) is 36.5 Å². The molecule has 4 rings (SSSR count). The van der Waals surface area contributed by atoms with Crippen molar-refractivity contribution in [2.45, 2.75) is 26.2 Å². The zero-order chi connectivity index (χ0) is 15.8. The highest BCUT2D eigenvalue weighted by molar-refractivity contribution is 5.94. The monoisotopic (exact) mass is 310 g/mol. The van der Waals surface area contributed by atoms with Gasteiger partial charge in [-0.15, -0.1) is 0 Å². The van der Waals surface area contributed by atoms with E-state index < -0.39 is 0 Å². The molecule has 2 aromatic rings. The largest absolute Gasteiger partial charge is 0.335 e. The normalized spacial score (nSPS) is 17.3. The molecule has 5 heteroatoms. The predicted molar refractivity (Wildman–Crippen MR) is 89.1 cm³/mol. The third kappa shape index (κ3) is 2.55. The summed E-state index contributed by atoms with van der Waals surface area (Å²) in [6.45, 7) is 5.35. The Kier molecular flexibility index (Phi) is 3.65. The summed E-state index contributed by atoms with van der Waals surface area (Å²) in [6, 6.07) is 8.35. The van der Waals surface area contributed by atoms with Crippen LogP contribution in [0.2, 0.25) is 0 Å². The van der Waals surface area contributed by atoms with Crippen molar-refractivity contribution in [2.75, 3.05) is 26.2 Å². The number of rotatable bonds is 2. The number of aryl methyl sites for hydroxylation is 1. The van der Waals surface area contributed by atoms with E-state index >= 15 is 0 Å². The molecule has 0 saturated carbocycles. The maximum absolute atomic E-state index is 12.9. The lowest BCUT2D eigenvalue weighted by molar-refractivity contribution is 0.0728. The first kappa shape index (κ1) is 14.5. The molecule has 0 spiro atoms. The van der Waals surface area contributed by atoms with E-state index in [1.165, 1.54) is 11.3 Å². The first-order chi connectivity index (χ1) is 11.2. The van der Waals surface area contributed by atoms with Gasteiger partial charge in [-0.05, 0) is 38.3 Å². The van der Waals surface area contributed by atoms with Crippen LogP contribution < -0.4 is 5.32 Å². The van der Waals surface area contributed by atoms with Crippen LogP contribution in [0.1, 0.15) is 33.7 Å². The molecule has 5 nitrogen and oxygen atoms in total. The molecular formula is C18H22N4O. The fourth-order valence-electron chi connectivity index (χ4n) is 3.53. The number of carbonyl (C=O) groups excluding carboxylic acids is 1. The molecule has 23 heavy (non-hydrogen) atoms. The van der Waals surface area contributed by atoms with Gasteiger partial charge in [-0.2, -0.15) is 5.10 Å². The van der Waals surface area contributed by atoms with Gasteiger partial charge in [-0.1, -0.05) is 17.7 Å². The van der Waals surface area contributed by atoms with E-state index in [0.717, 1.165) is 56.7 Å². The second-order valence-electron chi connectivity index (χ2n) is 6.42. The van der Waals surface area contributed by atoms with Gasteiger partial charge in [0, 0.05) is 37.4 Å². The Morgan fingerprint density at radius 1 is 1.13 bits per heavy atom. The van der Waals surface area contributed by atoms with Crippen LogP contribution in [0.4, 0.5) is 0 Å². The second kappa shape index (κ2) is 5.81. The molecule has 1 saturated heterocycles. The number of benzene rings is 1. The van der Waals surface area contributed by atoms with E-state index in [-0.39, 0.29) is 5.91 Å². The van der Waals surface area contributed by atoms with Crippen molar-refractivity contribution in [1.82, 2.24) is 20.0 Å². The van der Waals surface area contributed by atoms with Crippen LogP contribution in [0.25, 0.3) is 5.69 Å². The molecule has 2 aliphatic rings. The van der Waals surface area contributed by atoms with Gasteiger partial charge in [-0.25, -0.2) is 4.68 Å². The predicted octanol–water partition coefficient (Wildman–Crippen LogP) is 1.71. The molecule has 1 amide bonds. The molecule has 0 atom stereocenters. The van der Waals surface area contributed by atoms with E-state index in [1.54, 1.807) is 0 Å². The van der Waals surface area contributed by atoms with Gasteiger partial charge >= 0.3 is 0 Å². The van der Waals surface area contributed by atoms with Crippen LogP contribution in [0.5, 0.6) is 0 Å². The van der Waals surface area contributed by atoms with Crippen molar-refractivity contribution in [2.24, 2.45) is 0 Å². The lowest BCUT2D eigenvalue weighted by Crippen LogP contribution is -2.46. The van der Waals surface area contributed by atoms with Crippen molar-refractivity contribution >= 4 is 5.91 Å². The highest BCUT2D eigenvalue weighted by atomic mass is 16.2. The average Bonchev–Trinajstić information content (AvgIpc) is 3.18. The molecule has 0 unspecified atom stereocenters. The summed E-state index contributed by atoms with van der Waals surface area (Å²) in [5.74, 6) is 0.0931. The number of piperazine rings is 1. The molecule has 1 aromatic carbocycles. The van der Waals surface area contributed by atoms with Crippen molar-refractivity contribution < 1.29 is 4.79 Å². The number of amides is 1. The summed E-state index contributed by atoms with van der Waals surface area (Å²) in [5.41, 5.74) is 5.32. The molecule has 2 heterocycles. The van der Waals surface area contributed by atoms with Crippen LogP contribution in [0, 0.1) is 6.92 Å². The highest BCUT2D eigenvalue weighted by Crippen LogP contribution is 2.28. The van der Waals surface area contributed by atoms with Crippen LogP contribution in [0.3, 0.4) is 0 Å². The second-order valence-corrected chi connectivity index (χ2v) is 6.42. The Bertz CT molecular complexity index is 726. The molecule has 1 fully saturated rings. The van der Waals surface area contributed by atoms with Gasteiger partial charge in [0.1, 0.15) is 0 Å². The number of nitrogens with one attached hydrogen (secondary N) is 1. The Hall–Kier alpha value is -2.14. The van der Waals surface area contributed by atoms with Gasteiger partial charge in [0.05, 0.1) is 5.69 Å². The summed E-state index contributed by atoms with van der Waals surface area (Å²) >= 11 is 0. The maximum atomic E-state index is 12.9. The zero-order valence-corrected chi connectivity index (χ0v) is 13.5. The molecule has 1 N–H and O–H groups in total. The minimum atomic E-state index is 0.0931. The number of hydrogen-bond donors (Lipinski definition) is 1. The number of carbonyl (C=O) groups is 1. The molecule has 1 aromatic heterocycles.